The molecule has 11 heteroatoms. The van der Waals surface area contributed by atoms with Crippen LogP contribution in [0.4, 0.5) is 30.7 Å². The van der Waals surface area contributed by atoms with E-state index in [-0.39, 0.29) is 31.7 Å². The van der Waals surface area contributed by atoms with Gasteiger partial charge in [-0.2, -0.15) is 26.3 Å². The molecule has 0 spiro atoms. The molecular weight excluding hydrogens is 411 g/mol. The van der Waals surface area contributed by atoms with Gasteiger partial charge in [-0.25, -0.2) is 4.39 Å². The Labute approximate surface area is 160 Å². The van der Waals surface area contributed by atoms with Gasteiger partial charge < -0.3 is 14.0 Å². The number of alkyl halides is 6. The summed E-state index contributed by atoms with van der Waals surface area (Å²) in [7, 11) is 1.45. The highest BCUT2D eigenvalue weighted by Gasteiger charge is 2.73. The lowest BCUT2D eigenvalue weighted by molar-refractivity contribution is -0.382. The maximum Gasteiger partial charge on any atom is 0.430 e. The lowest BCUT2D eigenvalue weighted by Crippen LogP contribution is -2.55. The third kappa shape index (κ3) is 3.15. The second kappa shape index (κ2) is 6.89. The standard InChI is InChI=1S/C18H16F7NO3/c1-28-15(27)5-9-3-4-26-13(9)8-11-12(6-10(19)7-14(11)26)16(29-2,17(20,21)22)18(23,24)25/h6-9H,3-5H2,1-2H3. The zero-order valence-electron chi connectivity index (χ0n) is 15.2. The molecule has 1 aromatic heterocycles. The summed E-state index contributed by atoms with van der Waals surface area (Å²) < 4.78 is 106. The Hall–Kier alpha value is -2.30. The molecule has 0 radical (unpaired) electrons. The van der Waals surface area contributed by atoms with Gasteiger partial charge in [-0.05, 0) is 24.6 Å². The van der Waals surface area contributed by atoms with Crippen molar-refractivity contribution in [2.24, 2.45) is 0 Å². The fourth-order valence-corrected chi connectivity index (χ4v) is 3.95. The Kier molecular flexibility index (Phi) is 5.09. The van der Waals surface area contributed by atoms with Crippen LogP contribution in [0.3, 0.4) is 0 Å². The number of halogens is 7. The van der Waals surface area contributed by atoms with Gasteiger partial charge in [-0.1, -0.05) is 0 Å². The molecule has 0 saturated heterocycles. The maximum absolute atomic E-state index is 14.2. The average Bonchev–Trinajstić information content (AvgIpc) is 3.13. The maximum atomic E-state index is 14.2. The molecule has 1 aliphatic rings. The molecule has 1 unspecified atom stereocenters. The third-order valence-corrected chi connectivity index (χ3v) is 5.26. The number of aryl methyl sites for hydroxylation is 1. The molecule has 0 fully saturated rings. The molecule has 0 N–H and O–H groups in total. The topological polar surface area (TPSA) is 40.5 Å². The summed E-state index contributed by atoms with van der Waals surface area (Å²) in [6.45, 7) is 0.210. The number of rotatable bonds is 4. The smallest absolute Gasteiger partial charge is 0.430 e. The van der Waals surface area contributed by atoms with Gasteiger partial charge in [0.2, 0.25) is 0 Å². The monoisotopic (exact) mass is 427 g/mol. The number of methoxy groups -OCH3 is 2. The van der Waals surface area contributed by atoms with Crippen LogP contribution < -0.4 is 0 Å². The van der Waals surface area contributed by atoms with E-state index in [0.717, 1.165) is 12.1 Å². The minimum atomic E-state index is -5.90. The molecule has 2 heterocycles. The van der Waals surface area contributed by atoms with E-state index in [0.29, 0.717) is 12.1 Å². The summed E-state index contributed by atoms with van der Waals surface area (Å²) in [4.78, 5) is 11.6. The molecule has 29 heavy (non-hydrogen) atoms. The van der Waals surface area contributed by atoms with Crippen LogP contribution in [0.5, 0.6) is 0 Å². The highest BCUT2D eigenvalue weighted by Crippen LogP contribution is 2.55. The van der Waals surface area contributed by atoms with E-state index in [2.05, 4.69) is 9.47 Å². The van der Waals surface area contributed by atoms with Crippen molar-refractivity contribution in [3.05, 3.63) is 35.3 Å². The predicted octanol–water partition coefficient (Wildman–Crippen LogP) is 4.80. The molecule has 4 nitrogen and oxygen atoms in total. The number of fused-ring (bicyclic) bond motifs is 3. The van der Waals surface area contributed by atoms with E-state index < -0.39 is 46.6 Å². The Morgan fingerprint density at radius 2 is 1.72 bits per heavy atom. The second-order valence-electron chi connectivity index (χ2n) is 6.75. The summed E-state index contributed by atoms with van der Waals surface area (Å²) in [6.07, 6.45) is -11.5. The van der Waals surface area contributed by atoms with Gasteiger partial charge in [0.25, 0.3) is 5.60 Å². The zero-order valence-corrected chi connectivity index (χ0v) is 15.2. The number of aromatic nitrogens is 1. The quantitative estimate of drug-likeness (QED) is 0.520. The normalized spacial score (nSPS) is 17.6. The number of benzene rings is 1. The summed E-state index contributed by atoms with van der Waals surface area (Å²) in [5, 5.41) is -0.438. The van der Waals surface area contributed by atoms with Crippen LogP contribution in [-0.4, -0.2) is 37.1 Å². The number of carbonyl (C=O) groups excluding carboxylic acids is 1. The summed E-state index contributed by atoms with van der Waals surface area (Å²) in [5.41, 5.74) is -5.88. The number of carbonyl (C=O) groups is 1. The molecule has 0 saturated carbocycles. The van der Waals surface area contributed by atoms with Crippen LogP contribution in [0.2, 0.25) is 0 Å². The Morgan fingerprint density at radius 3 is 2.24 bits per heavy atom. The Morgan fingerprint density at radius 1 is 1.10 bits per heavy atom. The molecule has 2 aromatic rings. The van der Waals surface area contributed by atoms with Crippen molar-refractivity contribution >= 4 is 16.9 Å². The van der Waals surface area contributed by atoms with Gasteiger partial charge in [0.15, 0.2) is 0 Å². The molecule has 1 aliphatic heterocycles. The van der Waals surface area contributed by atoms with Crippen molar-refractivity contribution in [2.45, 2.75) is 43.3 Å². The molecule has 0 amide bonds. The van der Waals surface area contributed by atoms with Crippen molar-refractivity contribution in [2.75, 3.05) is 14.2 Å². The number of hydrogen-bond acceptors (Lipinski definition) is 3. The largest absolute Gasteiger partial charge is 0.469 e. The van der Waals surface area contributed by atoms with E-state index in [4.69, 9.17) is 0 Å². The fourth-order valence-electron chi connectivity index (χ4n) is 3.95. The van der Waals surface area contributed by atoms with Gasteiger partial charge in [0, 0.05) is 36.2 Å². The van der Waals surface area contributed by atoms with E-state index in [9.17, 15) is 35.5 Å². The highest BCUT2D eigenvalue weighted by atomic mass is 19.4. The molecule has 1 atom stereocenters. The van der Waals surface area contributed by atoms with Crippen LogP contribution in [-0.2, 0) is 26.4 Å². The lowest BCUT2D eigenvalue weighted by Gasteiger charge is -2.36. The Bertz CT molecular complexity index is 932. The fraction of sp³-hybridized carbons (Fsp3) is 0.500. The van der Waals surface area contributed by atoms with Crippen molar-refractivity contribution in [1.29, 1.82) is 0 Å². The van der Waals surface area contributed by atoms with Crippen molar-refractivity contribution < 1.29 is 45.0 Å². The lowest BCUT2D eigenvalue weighted by atomic mass is 9.88. The first-order chi connectivity index (χ1) is 13.4. The first kappa shape index (κ1) is 21.4. The van der Waals surface area contributed by atoms with Gasteiger partial charge in [-0.3, -0.25) is 4.79 Å². The van der Waals surface area contributed by atoms with Gasteiger partial charge >= 0.3 is 18.3 Å². The highest BCUT2D eigenvalue weighted by molar-refractivity contribution is 5.87. The molecule has 1 aromatic carbocycles. The average molecular weight is 427 g/mol. The van der Waals surface area contributed by atoms with E-state index in [1.165, 1.54) is 11.7 Å². The first-order valence-corrected chi connectivity index (χ1v) is 8.46. The van der Waals surface area contributed by atoms with Crippen LogP contribution in [0, 0.1) is 5.82 Å². The number of nitrogens with zero attached hydrogens (tertiary/aromatic N) is 1. The zero-order chi connectivity index (χ0) is 21.8. The van der Waals surface area contributed by atoms with Gasteiger partial charge in [0.1, 0.15) is 5.82 Å². The molecule has 160 valence electrons. The summed E-state index contributed by atoms with van der Waals surface area (Å²) >= 11 is 0. The minimum absolute atomic E-state index is 0.0986. The van der Waals surface area contributed by atoms with E-state index in [1.807, 2.05) is 0 Å². The molecule has 0 bridgehead atoms. The first-order valence-electron chi connectivity index (χ1n) is 8.46. The van der Waals surface area contributed by atoms with E-state index in [1.54, 1.807) is 0 Å². The summed E-state index contributed by atoms with van der Waals surface area (Å²) in [6, 6.07) is 2.20. The molecule has 0 aliphatic carbocycles. The van der Waals surface area contributed by atoms with Crippen molar-refractivity contribution in [1.82, 2.24) is 4.57 Å². The van der Waals surface area contributed by atoms with E-state index >= 15 is 0 Å². The Balaban J connectivity index is 2.30. The minimum Gasteiger partial charge on any atom is -0.469 e. The number of hydrogen-bond donors (Lipinski definition) is 0. The number of ether oxygens (including phenoxy) is 2. The molecular formula is C18H16F7NO3. The van der Waals surface area contributed by atoms with Crippen LogP contribution in [0.15, 0.2) is 18.2 Å². The van der Waals surface area contributed by atoms with Crippen LogP contribution >= 0.6 is 0 Å². The SMILES string of the molecule is COC(=O)CC1CCn2c1cc1c(C(OC)(C(F)(F)F)C(F)(F)F)cc(F)cc12. The van der Waals surface area contributed by atoms with Gasteiger partial charge in [0.05, 0.1) is 19.0 Å². The summed E-state index contributed by atoms with van der Waals surface area (Å²) in [5.74, 6) is -2.31. The van der Waals surface area contributed by atoms with Crippen LogP contribution in [0.1, 0.15) is 30.0 Å². The van der Waals surface area contributed by atoms with Crippen LogP contribution in [0.25, 0.3) is 10.9 Å². The third-order valence-electron chi connectivity index (χ3n) is 5.26. The number of esters is 1. The molecule has 3 rings (SSSR count). The van der Waals surface area contributed by atoms with Gasteiger partial charge in [-0.15, -0.1) is 0 Å². The second-order valence-corrected chi connectivity index (χ2v) is 6.75. The van der Waals surface area contributed by atoms with Crippen molar-refractivity contribution in [3.63, 3.8) is 0 Å². The van der Waals surface area contributed by atoms with Crippen molar-refractivity contribution in [3.8, 4) is 0 Å². The predicted molar refractivity (Wildman–Crippen MR) is 86.7 cm³/mol.